The molecule has 0 bridgehead atoms. The van der Waals surface area contributed by atoms with E-state index in [4.69, 9.17) is 0 Å². The van der Waals surface area contributed by atoms with Gasteiger partial charge in [-0.05, 0) is 63.0 Å². The quantitative estimate of drug-likeness (QED) is 0.342. The molecule has 0 amide bonds. The molecule has 0 saturated carbocycles. The molecule has 0 spiro atoms. The number of nitrogens with zero attached hydrogens (tertiary/aromatic N) is 2. The molecule has 0 unspecified atom stereocenters. The van der Waals surface area contributed by atoms with Gasteiger partial charge in [0.05, 0.1) is 5.52 Å². The third-order valence-electron chi connectivity index (χ3n) is 3.45. The average Bonchev–Trinajstić information content (AvgIpc) is 2.47. The van der Waals surface area contributed by atoms with Gasteiger partial charge in [0.1, 0.15) is 0 Å². The Morgan fingerprint density at radius 1 is 0.789 bits per heavy atom. The number of halogens is 1. The lowest BCUT2D eigenvalue weighted by atomic mass is 9.99. The maximum absolute atomic E-state index is 4.55. The molecule has 19 heavy (non-hydrogen) atoms. The molecule has 0 fully saturated rings. The van der Waals surface area contributed by atoms with Gasteiger partial charge in [-0.2, -0.15) is 0 Å². The predicted molar refractivity (Wildman–Crippen MR) is 87.3 cm³/mol. The lowest BCUT2D eigenvalue weighted by molar-refractivity contribution is 1.36. The summed E-state index contributed by atoms with van der Waals surface area (Å²) in [7, 11) is 0. The lowest BCUT2D eigenvalue weighted by Gasteiger charge is -2.09. The van der Waals surface area contributed by atoms with Crippen LogP contribution in [0.15, 0.2) is 55.0 Å². The SMILES string of the molecule is Ic1ccc2c(c1)c1cccnc1c1cnccc21. The van der Waals surface area contributed by atoms with Crippen LogP contribution in [0.2, 0.25) is 0 Å². The molecule has 3 heteroatoms. The van der Waals surface area contributed by atoms with Gasteiger partial charge in [0.15, 0.2) is 0 Å². The van der Waals surface area contributed by atoms with E-state index in [1.165, 1.54) is 25.1 Å². The summed E-state index contributed by atoms with van der Waals surface area (Å²) >= 11 is 2.35. The zero-order valence-electron chi connectivity index (χ0n) is 9.97. The molecular weight excluding hydrogens is 347 g/mol. The average molecular weight is 356 g/mol. The van der Waals surface area contributed by atoms with E-state index in [9.17, 15) is 0 Å². The van der Waals surface area contributed by atoms with Gasteiger partial charge in [-0.15, -0.1) is 0 Å². The molecule has 2 heterocycles. The van der Waals surface area contributed by atoms with Crippen molar-refractivity contribution in [3.05, 3.63) is 58.6 Å². The van der Waals surface area contributed by atoms with Crippen LogP contribution in [0.4, 0.5) is 0 Å². The van der Waals surface area contributed by atoms with E-state index in [-0.39, 0.29) is 0 Å². The molecule has 0 N–H and O–H groups in total. The van der Waals surface area contributed by atoms with Crippen molar-refractivity contribution >= 4 is 55.0 Å². The standard InChI is InChI=1S/C16H9IN2/c17-10-3-4-11-12-5-7-18-9-15(12)16-13(14(11)8-10)2-1-6-19-16/h1-9H. The van der Waals surface area contributed by atoms with Crippen LogP contribution >= 0.6 is 22.6 Å². The molecule has 0 aliphatic rings. The van der Waals surface area contributed by atoms with Gasteiger partial charge in [0.2, 0.25) is 0 Å². The number of rotatable bonds is 0. The fourth-order valence-electron chi connectivity index (χ4n) is 2.63. The second-order valence-corrected chi connectivity index (χ2v) is 5.76. The molecule has 4 aromatic rings. The highest BCUT2D eigenvalue weighted by Crippen LogP contribution is 2.33. The summed E-state index contributed by atoms with van der Waals surface area (Å²) in [5.74, 6) is 0. The summed E-state index contributed by atoms with van der Waals surface area (Å²) in [6.07, 6.45) is 5.59. The van der Waals surface area contributed by atoms with Crippen molar-refractivity contribution in [2.75, 3.05) is 0 Å². The number of hydrogen-bond acceptors (Lipinski definition) is 2. The molecular formula is C16H9IN2. The fourth-order valence-corrected chi connectivity index (χ4v) is 3.12. The van der Waals surface area contributed by atoms with E-state index < -0.39 is 0 Å². The van der Waals surface area contributed by atoms with Crippen molar-refractivity contribution in [1.82, 2.24) is 9.97 Å². The minimum Gasteiger partial charge on any atom is -0.264 e. The Bertz CT molecular complexity index is 896. The summed E-state index contributed by atoms with van der Waals surface area (Å²) in [5, 5.41) is 6.04. The van der Waals surface area contributed by atoms with Crippen LogP contribution in [0.25, 0.3) is 32.4 Å². The number of pyridine rings is 2. The van der Waals surface area contributed by atoms with E-state index in [1.807, 2.05) is 24.7 Å². The Labute approximate surface area is 123 Å². The van der Waals surface area contributed by atoms with Gasteiger partial charge in [-0.25, -0.2) is 0 Å². The zero-order valence-corrected chi connectivity index (χ0v) is 12.1. The number of fused-ring (bicyclic) bond motifs is 6. The first-order valence-corrected chi connectivity index (χ1v) is 7.12. The molecule has 0 saturated heterocycles. The van der Waals surface area contributed by atoms with E-state index in [0.717, 1.165) is 10.9 Å². The van der Waals surface area contributed by atoms with Gasteiger partial charge in [0.25, 0.3) is 0 Å². The van der Waals surface area contributed by atoms with Crippen molar-refractivity contribution in [3.63, 3.8) is 0 Å². The van der Waals surface area contributed by atoms with E-state index in [2.05, 4.69) is 62.9 Å². The Hall–Kier alpha value is -1.75. The molecule has 2 aromatic carbocycles. The monoisotopic (exact) mass is 356 g/mol. The first-order chi connectivity index (χ1) is 9.34. The van der Waals surface area contributed by atoms with Gasteiger partial charge >= 0.3 is 0 Å². The van der Waals surface area contributed by atoms with Crippen LogP contribution < -0.4 is 0 Å². The molecule has 90 valence electrons. The van der Waals surface area contributed by atoms with Crippen molar-refractivity contribution in [1.29, 1.82) is 0 Å². The van der Waals surface area contributed by atoms with Crippen molar-refractivity contribution in [2.24, 2.45) is 0 Å². The third-order valence-corrected chi connectivity index (χ3v) is 4.12. The molecule has 4 rings (SSSR count). The number of benzene rings is 2. The highest BCUT2D eigenvalue weighted by Gasteiger charge is 2.08. The van der Waals surface area contributed by atoms with Crippen LogP contribution in [0.5, 0.6) is 0 Å². The summed E-state index contributed by atoms with van der Waals surface area (Å²) in [6.45, 7) is 0. The lowest BCUT2D eigenvalue weighted by Crippen LogP contribution is -1.86. The molecule has 0 atom stereocenters. The van der Waals surface area contributed by atoms with Crippen molar-refractivity contribution in [3.8, 4) is 0 Å². The maximum Gasteiger partial charge on any atom is 0.0802 e. The molecule has 0 aliphatic carbocycles. The van der Waals surface area contributed by atoms with Crippen LogP contribution in [-0.4, -0.2) is 9.97 Å². The maximum atomic E-state index is 4.55. The van der Waals surface area contributed by atoms with Crippen LogP contribution in [0.3, 0.4) is 0 Å². The van der Waals surface area contributed by atoms with Gasteiger partial charge in [-0.3, -0.25) is 9.97 Å². The van der Waals surface area contributed by atoms with E-state index in [1.54, 1.807) is 0 Å². The van der Waals surface area contributed by atoms with Crippen LogP contribution in [0.1, 0.15) is 0 Å². The predicted octanol–water partition coefficient (Wildman–Crippen LogP) is 4.54. The highest BCUT2D eigenvalue weighted by atomic mass is 127. The minimum atomic E-state index is 1.03. The van der Waals surface area contributed by atoms with Gasteiger partial charge < -0.3 is 0 Å². The topological polar surface area (TPSA) is 25.8 Å². The van der Waals surface area contributed by atoms with E-state index in [0.29, 0.717) is 0 Å². The van der Waals surface area contributed by atoms with E-state index >= 15 is 0 Å². The Balaban J connectivity index is 2.43. The summed E-state index contributed by atoms with van der Waals surface area (Å²) in [6, 6.07) is 12.7. The number of hydrogen-bond donors (Lipinski definition) is 0. The first-order valence-electron chi connectivity index (χ1n) is 6.04. The highest BCUT2D eigenvalue weighted by molar-refractivity contribution is 14.1. The summed E-state index contributed by atoms with van der Waals surface area (Å²) in [5.41, 5.74) is 1.03. The Morgan fingerprint density at radius 3 is 2.63 bits per heavy atom. The van der Waals surface area contributed by atoms with Crippen molar-refractivity contribution in [2.45, 2.75) is 0 Å². The summed E-state index contributed by atoms with van der Waals surface area (Å²) in [4.78, 5) is 8.79. The second kappa shape index (κ2) is 4.13. The largest absolute Gasteiger partial charge is 0.264 e. The minimum absolute atomic E-state index is 1.03. The summed E-state index contributed by atoms with van der Waals surface area (Å²) < 4.78 is 1.24. The first kappa shape index (κ1) is 11.1. The van der Waals surface area contributed by atoms with Gasteiger partial charge in [0, 0.05) is 32.9 Å². The third kappa shape index (κ3) is 1.61. The zero-order chi connectivity index (χ0) is 12.8. The van der Waals surface area contributed by atoms with Crippen LogP contribution in [0, 0.1) is 3.57 Å². The van der Waals surface area contributed by atoms with Crippen molar-refractivity contribution < 1.29 is 0 Å². The smallest absolute Gasteiger partial charge is 0.0802 e. The molecule has 2 nitrogen and oxygen atoms in total. The fraction of sp³-hybridized carbons (Fsp3) is 0. The second-order valence-electron chi connectivity index (χ2n) is 4.51. The number of aromatic nitrogens is 2. The Morgan fingerprint density at radius 2 is 1.68 bits per heavy atom. The molecule has 0 aliphatic heterocycles. The van der Waals surface area contributed by atoms with Gasteiger partial charge in [-0.1, -0.05) is 12.1 Å². The van der Waals surface area contributed by atoms with Crippen LogP contribution in [-0.2, 0) is 0 Å². The molecule has 2 aromatic heterocycles. The normalized spacial score (nSPS) is 11.4. The molecule has 0 radical (unpaired) electrons. The Kier molecular flexibility index (Phi) is 2.41.